The number of halogens is 1. The molecular formula is C34H50ClN3O6Si. The Hall–Kier alpha value is -2.47. The van der Waals surface area contributed by atoms with Crippen molar-refractivity contribution in [3.05, 3.63) is 52.5 Å². The molecule has 0 bridgehead atoms. The number of hydrogen-bond donors (Lipinski definition) is 1. The Labute approximate surface area is 273 Å². The number of aliphatic hydroxyl groups is 1. The molecule has 2 aromatic heterocycles. The summed E-state index contributed by atoms with van der Waals surface area (Å²) in [6, 6.07) is 3.78. The number of esters is 1. The first kappa shape index (κ1) is 35.4. The lowest BCUT2D eigenvalue weighted by Crippen LogP contribution is -2.41. The van der Waals surface area contributed by atoms with Crippen molar-refractivity contribution in [1.29, 1.82) is 0 Å². The zero-order chi connectivity index (χ0) is 33.1. The van der Waals surface area contributed by atoms with Gasteiger partial charge in [0.15, 0.2) is 14.6 Å². The molecule has 0 saturated carbocycles. The average Bonchev–Trinajstić information content (AvgIpc) is 3.47. The van der Waals surface area contributed by atoms with Crippen LogP contribution in [0.1, 0.15) is 80.0 Å². The fourth-order valence-electron chi connectivity index (χ4n) is 5.82. The Kier molecular flexibility index (Phi) is 11.4. The highest BCUT2D eigenvalue weighted by molar-refractivity contribution is 6.74. The first-order valence-electron chi connectivity index (χ1n) is 15.9. The van der Waals surface area contributed by atoms with Gasteiger partial charge >= 0.3 is 5.97 Å². The normalized spacial score (nSPS) is 16.7. The molecule has 1 aliphatic heterocycles. The van der Waals surface area contributed by atoms with Crippen LogP contribution in [-0.2, 0) is 31.7 Å². The first-order chi connectivity index (χ1) is 21.2. The summed E-state index contributed by atoms with van der Waals surface area (Å²) in [6.45, 7) is 21.5. The van der Waals surface area contributed by atoms with Crippen molar-refractivity contribution in [2.24, 2.45) is 0 Å². The van der Waals surface area contributed by atoms with Gasteiger partial charge in [-0.15, -0.1) is 6.58 Å². The molecule has 3 aromatic rings. The number of methoxy groups -OCH3 is 1. The number of ether oxygens (including phenoxy) is 3. The van der Waals surface area contributed by atoms with Crippen LogP contribution in [0.25, 0.3) is 22.0 Å². The van der Waals surface area contributed by atoms with E-state index in [-0.39, 0.29) is 11.3 Å². The van der Waals surface area contributed by atoms with E-state index in [2.05, 4.69) is 40.4 Å². The van der Waals surface area contributed by atoms with E-state index in [0.717, 1.165) is 42.1 Å². The van der Waals surface area contributed by atoms with Crippen LogP contribution in [0.5, 0.6) is 0 Å². The van der Waals surface area contributed by atoms with E-state index in [1.807, 2.05) is 30.5 Å². The molecule has 1 aromatic carbocycles. The van der Waals surface area contributed by atoms with Crippen molar-refractivity contribution in [1.82, 2.24) is 14.3 Å². The Morgan fingerprint density at radius 2 is 1.96 bits per heavy atom. The summed E-state index contributed by atoms with van der Waals surface area (Å²) in [5.41, 5.74) is 4.77. The van der Waals surface area contributed by atoms with Crippen molar-refractivity contribution in [3.63, 3.8) is 0 Å². The maximum Gasteiger partial charge on any atom is 0.354 e. The largest absolute Gasteiger partial charge is 0.464 e. The number of hydrogen-bond acceptors (Lipinski definition) is 7. The molecule has 11 heteroatoms. The monoisotopic (exact) mass is 659 g/mol. The van der Waals surface area contributed by atoms with Crippen LogP contribution in [0, 0.1) is 13.8 Å². The van der Waals surface area contributed by atoms with Crippen LogP contribution in [0.15, 0.2) is 24.8 Å². The summed E-state index contributed by atoms with van der Waals surface area (Å²) >= 11 is 6.98. The fraction of sp³-hybridized carbons (Fsp3) is 0.588. The van der Waals surface area contributed by atoms with Gasteiger partial charge in [0.25, 0.3) is 0 Å². The Morgan fingerprint density at radius 1 is 1.22 bits per heavy atom. The predicted molar refractivity (Wildman–Crippen MR) is 181 cm³/mol. The van der Waals surface area contributed by atoms with Gasteiger partial charge in [-0.3, -0.25) is 4.68 Å². The maximum absolute atomic E-state index is 13.2. The summed E-state index contributed by atoms with van der Waals surface area (Å²) in [4.78, 5) is 13.2. The highest BCUT2D eigenvalue weighted by Gasteiger charge is 2.37. The summed E-state index contributed by atoms with van der Waals surface area (Å²) in [7, 11) is -0.520. The van der Waals surface area contributed by atoms with E-state index >= 15 is 0 Å². The van der Waals surface area contributed by atoms with Gasteiger partial charge in [0.2, 0.25) is 0 Å². The molecule has 9 nitrogen and oxygen atoms in total. The van der Waals surface area contributed by atoms with Gasteiger partial charge in [-0.25, -0.2) is 4.79 Å². The molecule has 0 amide bonds. The number of rotatable bonds is 13. The smallest absolute Gasteiger partial charge is 0.354 e. The van der Waals surface area contributed by atoms with E-state index < -0.39 is 20.4 Å². The molecule has 248 valence electrons. The van der Waals surface area contributed by atoms with Crippen LogP contribution in [0.4, 0.5) is 0 Å². The highest BCUT2D eigenvalue weighted by atomic mass is 35.5. The van der Waals surface area contributed by atoms with Gasteiger partial charge < -0.3 is 28.3 Å². The molecule has 0 spiro atoms. The summed E-state index contributed by atoms with van der Waals surface area (Å²) in [5.74, 6) is -0.420. The third-order valence-electron chi connectivity index (χ3n) is 9.26. The molecule has 1 saturated heterocycles. The van der Waals surface area contributed by atoms with Gasteiger partial charge in [-0.05, 0) is 75.4 Å². The minimum Gasteiger partial charge on any atom is -0.464 e. The number of carbonyl (C=O) groups is 1. The second kappa shape index (κ2) is 14.5. The SMILES string of the molecule is C=CC(O)c1c(-c2c(Cl)ccc3c2c(C)c(C(=O)OC)n3CCCO[Si](C)(C)C(C)(C)C)c(C)nn1CCOC1CCCCO1. The molecule has 1 aliphatic rings. The molecule has 45 heavy (non-hydrogen) atoms. The third kappa shape index (κ3) is 7.42. The molecular weight excluding hydrogens is 610 g/mol. The second-order valence-electron chi connectivity index (χ2n) is 13.3. The van der Waals surface area contributed by atoms with E-state index in [1.165, 1.54) is 13.2 Å². The molecule has 1 fully saturated rings. The van der Waals surface area contributed by atoms with E-state index in [4.69, 9.17) is 35.3 Å². The first-order valence-corrected chi connectivity index (χ1v) is 19.2. The number of nitrogens with zero attached hydrogens (tertiary/aromatic N) is 3. The fourth-order valence-corrected chi connectivity index (χ4v) is 7.16. The number of aliphatic hydroxyl groups excluding tert-OH is 1. The maximum atomic E-state index is 13.2. The van der Waals surface area contributed by atoms with Gasteiger partial charge in [0.1, 0.15) is 11.8 Å². The lowest BCUT2D eigenvalue weighted by atomic mass is 9.95. The minimum absolute atomic E-state index is 0.109. The number of fused-ring (bicyclic) bond motifs is 1. The zero-order valence-corrected chi connectivity index (χ0v) is 29.9. The van der Waals surface area contributed by atoms with Crippen LogP contribution < -0.4 is 0 Å². The van der Waals surface area contributed by atoms with Crippen molar-refractivity contribution in [3.8, 4) is 11.1 Å². The average molecular weight is 660 g/mol. The molecule has 1 N–H and O–H groups in total. The minimum atomic E-state index is -1.91. The van der Waals surface area contributed by atoms with E-state index in [9.17, 15) is 9.90 Å². The Balaban J connectivity index is 1.77. The summed E-state index contributed by atoms with van der Waals surface area (Å²) in [6.07, 6.45) is 3.97. The molecule has 2 atom stereocenters. The second-order valence-corrected chi connectivity index (χ2v) is 18.5. The van der Waals surface area contributed by atoms with Gasteiger partial charge in [0.05, 0.1) is 31.6 Å². The van der Waals surface area contributed by atoms with Crippen LogP contribution in [-0.4, -0.2) is 67.0 Å². The molecule has 2 unspecified atom stereocenters. The molecule has 3 heterocycles. The molecule has 4 rings (SSSR count). The number of aromatic nitrogens is 3. The topological polar surface area (TPSA) is 97.0 Å². The molecule has 0 radical (unpaired) electrons. The molecule has 0 aliphatic carbocycles. The standard InChI is InChI=1S/C34H50ClN3O6Si/c1-10-26(39)32-29(23(3)36-38(32)18-21-43-27-14-11-12-19-42-27)30-24(35)15-16-25-28(30)22(2)31(33(40)41-7)37(25)17-13-20-44-45(8,9)34(4,5)6/h10,15-16,26-27,39H,1,11-14,17-21H2,2-9H3. The predicted octanol–water partition coefficient (Wildman–Crippen LogP) is 7.74. The van der Waals surface area contributed by atoms with Crippen LogP contribution >= 0.6 is 11.6 Å². The summed E-state index contributed by atoms with van der Waals surface area (Å²) < 4.78 is 27.2. The van der Waals surface area contributed by atoms with Crippen molar-refractivity contribution in [2.45, 2.75) is 104 Å². The lowest BCUT2D eigenvalue weighted by Gasteiger charge is -2.36. The Bertz CT molecular complexity index is 1520. The van der Waals surface area contributed by atoms with Gasteiger partial charge in [-0.1, -0.05) is 38.4 Å². The van der Waals surface area contributed by atoms with Crippen molar-refractivity contribution >= 4 is 36.8 Å². The number of aryl methyl sites for hydroxylation is 3. The van der Waals surface area contributed by atoms with Crippen molar-refractivity contribution in [2.75, 3.05) is 26.9 Å². The van der Waals surface area contributed by atoms with Crippen LogP contribution in [0.2, 0.25) is 23.2 Å². The summed E-state index contributed by atoms with van der Waals surface area (Å²) in [5, 5.41) is 17.5. The van der Waals surface area contributed by atoms with Gasteiger partial charge in [-0.2, -0.15) is 5.10 Å². The Morgan fingerprint density at radius 3 is 2.58 bits per heavy atom. The van der Waals surface area contributed by atoms with Crippen molar-refractivity contribution < 1.29 is 28.5 Å². The van der Waals surface area contributed by atoms with E-state index in [1.54, 1.807) is 4.68 Å². The lowest BCUT2D eigenvalue weighted by molar-refractivity contribution is -0.163. The quantitative estimate of drug-likeness (QED) is 0.0868. The zero-order valence-electron chi connectivity index (χ0n) is 28.2. The number of carbonyl (C=O) groups excluding carboxylic acids is 1. The van der Waals surface area contributed by atoms with Crippen LogP contribution in [0.3, 0.4) is 0 Å². The third-order valence-corrected chi connectivity index (χ3v) is 14.1. The van der Waals surface area contributed by atoms with E-state index in [0.29, 0.717) is 66.1 Å². The highest BCUT2D eigenvalue weighted by Crippen LogP contribution is 2.44. The number of benzene rings is 1. The van der Waals surface area contributed by atoms with Gasteiger partial charge in [0, 0.05) is 46.8 Å².